The van der Waals surface area contributed by atoms with Gasteiger partial charge in [0.2, 0.25) is 0 Å². The zero-order chi connectivity index (χ0) is 9.35. The van der Waals surface area contributed by atoms with Gasteiger partial charge in [0.15, 0.2) is 11.5 Å². The van der Waals surface area contributed by atoms with Crippen LogP contribution in [-0.2, 0) is 5.41 Å². The molecule has 0 fully saturated rings. The molecule has 0 aliphatic rings. The van der Waals surface area contributed by atoms with Crippen LogP contribution in [0, 0.1) is 0 Å². The van der Waals surface area contributed by atoms with Gasteiger partial charge in [0.25, 0.3) is 0 Å². The van der Waals surface area contributed by atoms with Crippen molar-refractivity contribution in [3.63, 3.8) is 0 Å². The minimum absolute atomic E-state index is 0. The molecule has 0 aliphatic heterocycles. The summed E-state index contributed by atoms with van der Waals surface area (Å²) in [6.45, 7) is 6.16. The fourth-order valence-corrected chi connectivity index (χ4v) is 0.990. The fourth-order valence-electron chi connectivity index (χ4n) is 0.990. The van der Waals surface area contributed by atoms with Gasteiger partial charge in [0.1, 0.15) is 0 Å². The van der Waals surface area contributed by atoms with Crippen LogP contribution in [0.2, 0.25) is 0 Å². The summed E-state index contributed by atoms with van der Waals surface area (Å²) in [5.41, 5.74) is 1.02. The minimum atomic E-state index is -0.0667. The third kappa shape index (κ3) is 2.69. The summed E-state index contributed by atoms with van der Waals surface area (Å²) in [5.74, 6) is -0.120. The zero-order valence-electron chi connectivity index (χ0n) is 8.20. The lowest BCUT2D eigenvalue weighted by molar-refractivity contribution is 0.401. The summed E-state index contributed by atoms with van der Waals surface area (Å²) in [4.78, 5) is 0. The molecule has 1 aromatic rings. The molecule has 0 atom stereocenters. The maximum Gasteiger partial charge on any atom is 0.157 e. The maximum absolute atomic E-state index is 9.21. The van der Waals surface area contributed by atoms with Crippen molar-refractivity contribution in [3.8, 4) is 11.5 Å². The molecule has 69 valence electrons. The number of benzene rings is 1. The Kier molecular flexibility index (Phi) is 3.41. The summed E-state index contributed by atoms with van der Waals surface area (Å²) < 4.78 is 0. The van der Waals surface area contributed by atoms with Gasteiger partial charge in [-0.3, -0.25) is 0 Å². The summed E-state index contributed by atoms with van der Waals surface area (Å²) in [6.07, 6.45) is 0. The highest BCUT2D eigenvalue weighted by molar-refractivity contribution is 5.75. The van der Waals surface area contributed by atoms with E-state index in [9.17, 15) is 5.11 Å². The smallest absolute Gasteiger partial charge is 0.157 e. The fraction of sp³-hybridized carbons (Fsp3) is 0.400. The first-order chi connectivity index (χ1) is 5.41. The van der Waals surface area contributed by atoms with Crippen LogP contribution in [0.4, 0.5) is 0 Å². The summed E-state index contributed by atoms with van der Waals surface area (Å²) >= 11 is 0. The van der Waals surface area contributed by atoms with Crippen LogP contribution in [0.25, 0.3) is 0 Å². The Hall–Kier alpha value is -1.12. The van der Waals surface area contributed by atoms with E-state index in [2.05, 4.69) is 20.8 Å². The highest BCUT2D eigenvalue weighted by Gasteiger charge is 2.14. The predicted molar refractivity (Wildman–Crippen MR) is 54.2 cm³/mol. The van der Waals surface area contributed by atoms with E-state index in [0.717, 1.165) is 5.56 Å². The van der Waals surface area contributed by atoms with Crippen LogP contribution >= 0.6 is 0 Å². The molecule has 0 aliphatic carbocycles. The van der Waals surface area contributed by atoms with E-state index in [1.165, 1.54) is 6.07 Å². The molecule has 0 amide bonds. The average molecular weight is 177 g/mol. The Labute approximate surface area is 80.8 Å². The van der Waals surface area contributed by atoms with Crippen molar-refractivity contribution in [2.45, 2.75) is 26.2 Å². The SMILES string of the molecule is CC(C)(C)c1ccc(O)c(O)c1.[B]. The summed E-state index contributed by atoms with van der Waals surface area (Å²) in [7, 11) is 0. The van der Waals surface area contributed by atoms with Crippen LogP contribution in [0.5, 0.6) is 11.5 Å². The Morgan fingerprint density at radius 3 is 1.92 bits per heavy atom. The molecule has 2 N–H and O–H groups in total. The second-order valence-corrected chi connectivity index (χ2v) is 3.95. The Morgan fingerprint density at radius 1 is 1.00 bits per heavy atom. The van der Waals surface area contributed by atoms with Crippen LogP contribution < -0.4 is 0 Å². The number of hydrogen-bond acceptors (Lipinski definition) is 2. The molecule has 0 aromatic heterocycles. The first kappa shape index (κ1) is 11.9. The Balaban J connectivity index is 0.00000144. The van der Waals surface area contributed by atoms with E-state index >= 15 is 0 Å². The molecule has 1 aromatic carbocycles. The second-order valence-electron chi connectivity index (χ2n) is 3.95. The van der Waals surface area contributed by atoms with Crippen LogP contribution in [0.3, 0.4) is 0 Å². The molecule has 0 saturated carbocycles. The maximum atomic E-state index is 9.21. The standard InChI is InChI=1S/C10H14O2.B/c1-10(2,3)7-4-5-8(11)9(12)6-7;/h4-6,11-12H,1-3H3;. The van der Waals surface area contributed by atoms with E-state index in [0.29, 0.717) is 0 Å². The molecule has 3 radical (unpaired) electrons. The number of phenolic OH excluding ortho intramolecular Hbond substituents is 2. The molecule has 0 spiro atoms. The Morgan fingerprint density at radius 2 is 1.54 bits per heavy atom. The van der Waals surface area contributed by atoms with Crippen molar-refractivity contribution in [1.82, 2.24) is 0 Å². The average Bonchev–Trinajstić information content (AvgIpc) is 1.92. The lowest BCUT2D eigenvalue weighted by Crippen LogP contribution is -2.10. The largest absolute Gasteiger partial charge is 0.504 e. The number of hydrogen-bond donors (Lipinski definition) is 2. The van der Waals surface area contributed by atoms with Crippen molar-refractivity contribution in [1.29, 1.82) is 0 Å². The monoisotopic (exact) mass is 177 g/mol. The predicted octanol–water partition coefficient (Wildman–Crippen LogP) is 2.01. The van der Waals surface area contributed by atoms with Gasteiger partial charge in [-0.15, -0.1) is 0 Å². The van der Waals surface area contributed by atoms with Crippen LogP contribution in [-0.4, -0.2) is 18.6 Å². The van der Waals surface area contributed by atoms with Crippen LogP contribution in [0.1, 0.15) is 26.3 Å². The molecular formula is C10H14BO2. The topological polar surface area (TPSA) is 40.5 Å². The van der Waals surface area contributed by atoms with Crippen molar-refractivity contribution in [2.75, 3.05) is 0 Å². The lowest BCUT2D eigenvalue weighted by atomic mass is 9.87. The van der Waals surface area contributed by atoms with E-state index in [1.54, 1.807) is 6.07 Å². The zero-order valence-corrected chi connectivity index (χ0v) is 8.20. The van der Waals surface area contributed by atoms with Crippen molar-refractivity contribution in [2.24, 2.45) is 0 Å². The van der Waals surface area contributed by atoms with Gasteiger partial charge in [-0.1, -0.05) is 26.8 Å². The van der Waals surface area contributed by atoms with Gasteiger partial charge in [0, 0.05) is 8.41 Å². The Bertz CT molecular complexity index is 289. The van der Waals surface area contributed by atoms with Gasteiger partial charge in [0.05, 0.1) is 0 Å². The number of phenols is 2. The molecular weight excluding hydrogens is 163 g/mol. The van der Waals surface area contributed by atoms with E-state index in [1.807, 2.05) is 6.07 Å². The third-order valence-electron chi connectivity index (χ3n) is 1.84. The molecule has 0 heterocycles. The molecule has 0 bridgehead atoms. The molecule has 0 saturated heterocycles. The molecule has 3 heteroatoms. The van der Waals surface area contributed by atoms with Gasteiger partial charge >= 0.3 is 0 Å². The first-order valence-electron chi connectivity index (χ1n) is 3.94. The first-order valence-corrected chi connectivity index (χ1v) is 3.94. The van der Waals surface area contributed by atoms with Crippen molar-refractivity contribution >= 4 is 8.41 Å². The quantitative estimate of drug-likeness (QED) is 0.470. The van der Waals surface area contributed by atoms with Gasteiger partial charge < -0.3 is 10.2 Å². The van der Waals surface area contributed by atoms with Crippen molar-refractivity contribution in [3.05, 3.63) is 23.8 Å². The summed E-state index contributed by atoms with van der Waals surface area (Å²) in [5, 5.41) is 18.3. The number of aromatic hydroxyl groups is 2. The van der Waals surface area contributed by atoms with Crippen LogP contribution in [0.15, 0.2) is 18.2 Å². The molecule has 2 nitrogen and oxygen atoms in total. The molecule has 0 unspecified atom stereocenters. The van der Waals surface area contributed by atoms with Gasteiger partial charge in [-0.2, -0.15) is 0 Å². The molecule has 13 heavy (non-hydrogen) atoms. The van der Waals surface area contributed by atoms with E-state index in [4.69, 9.17) is 5.11 Å². The molecule has 1 rings (SSSR count). The van der Waals surface area contributed by atoms with Crippen molar-refractivity contribution < 1.29 is 10.2 Å². The second kappa shape index (κ2) is 3.73. The number of rotatable bonds is 0. The highest BCUT2D eigenvalue weighted by atomic mass is 16.3. The van der Waals surface area contributed by atoms with E-state index < -0.39 is 0 Å². The van der Waals surface area contributed by atoms with Gasteiger partial charge in [-0.25, -0.2) is 0 Å². The van der Waals surface area contributed by atoms with Gasteiger partial charge in [-0.05, 0) is 23.1 Å². The lowest BCUT2D eigenvalue weighted by Gasteiger charge is -2.19. The minimum Gasteiger partial charge on any atom is -0.504 e. The normalized spacial score (nSPS) is 10.7. The summed E-state index contributed by atoms with van der Waals surface area (Å²) in [6, 6.07) is 4.92. The van der Waals surface area contributed by atoms with E-state index in [-0.39, 0.29) is 25.3 Å². The highest BCUT2D eigenvalue weighted by Crippen LogP contribution is 2.30. The third-order valence-corrected chi connectivity index (χ3v) is 1.84.